The minimum atomic E-state index is -0.103. The van der Waals surface area contributed by atoms with Crippen LogP contribution in [0, 0.1) is 0 Å². The molecule has 6 nitrogen and oxygen atoms in total. The number of amides is 2. The molecule has 1 aromatic carbocycles. The lowest BCUT2D eigenvalue weighted by atomic mass is 10.1. The Labute approximate surface area is 151 Å². The van der Waals surface area contributed by atoms with Crippen molar-refractivity contribution < 1.29 is 9.59 Å². The number of hydrogen-bond acceptors (Lipinski definition) is 5. The van der Waals surface area contributed by atoms with Crippen LogP contribution < -0.4 is 15.5 Å². The van der Waals surface area contributed by atoms with Crippen molar-refractivity contribution in [3.05, 3.63) is 40.9 Å². The average molecular weight is 358 g/mol. The molecular weight excluding hydrogens is 336 g/mol. The van der Waals surface area contributed by atoms with Crippen LogP contribution in [0.15, 0.2) is 29.6 Å². The van der Waals surface area contributed by atoms with Gasteiger partial charge in [0.05, 0.1) is 12.1 Å². The van der Waals surface area contributed by atoms with E-state index in [0.29, 0.717) is 23.8 Å². The smallest absolute Gasteiger partial charge is 0.230 e. The predicted octanol–water partition coefficient (Wildman–Crippen LogP) is 2.56. The SMILES string of the molecule is CCNCc1ccccc1NC(=O)Cc1csc(N2CCCC2=O)n1. The van der Waals surface area contributed by atoms with Gasteiger partial charge in [-0.05, 0) is 24.6 Å². The van der Waals surface area contributed by atoms with Gasteiger partial charge in [-0.1, -0.05) is 25.1 Å². The summed E-state index contributed by atoms with van der Waals surface area (Å²) >= 11 is 1.42. The van der Waals surface area contributed by atoms with Crippen LogP contribution in [-0.4, -0.2) is 29.9 Å². The summed E-state index contributed by atoms with van der Waals surface area (Å²) in [4.78, 5) is 30.3. The van der Waals surface area contributed by atoms with Crippen LogP contribution in [0.1, 0.15) is 31.0 Å². The van der Waals surface area contributed by atoms with E-state index in [1.165, 1.54) is 11.3 Å². The number of rotatable bonds is 7. The van der Waals surface area contributed by atoms with Gasteiger partial charge in [0.1, 0.15) is 0 Å². The minimum absolute atomic E-state index is 0.103. The molecule has 0 saturated carbocycles. The molecule has 0 atom stereocenters. The van der Waals surface area contributed by atoms with Crippen LogP contribution in [0.4, 0.5) is 10.8 Å². The number of hydrogen-bond donors (Lipinski definition) is 2. The van der Waals surface area contributed by atoms with Crippen LogP contribution in [0.25, 0.3) is 0 Å². The quantitative estimate of drug-likeness (QED) is 0.798. The first kappa shape index (κ1) is 17.6. The topological polar surface area (TPSA) is 74.3 Å². The Balaban J connectivity index is 1.62. The summed E-state index contributed by atoms with van der Waals surface area (Å²) in [6.45, 7) is 4.35. The molecule has 0 bridgehead atoms. The van der Waals surface area contributed by atoms with E-state index >= 15 is 0 Å². The molecule has 1 aliphatic heterocycles. The van der Waals surface area contributed by atoms with E-state index in [-0.39, 0.29) is 18.2 Å². The number of nitrogens with one attached hydrogen (secondary N) is 2. The largest absolute Gasteiger partial charge is 0.325 e. The Morgan fingerprint density at radius 2 is 2.20 bits per heavy atom. The van der Waals surface area contributed by atoms with E-state index in [1.807, 2.05) is 36.6 Å². The first-order chi connectivity index (χ1) is 12.2. The molecule has 0 unspecified atom stereocenters. The van der Waals surface area contributed by atoms with Gasteiger partial charge in [-0.15, -0.1) is 11.3 Å². The van der Waals surface area contributed by atoms with Crippen molar-refractivity contribution in [2.24, 2.45) is 0 Å². The van der Waals surface area contributed by atoms with Crippen LogP contribution in [0.3, 0.4) is 0 Å². The third kappa shape index (κ3) is 4.43. The number of carbonyl (C=O) groups is 2. The molecule has 2 heterocycles. The zero-order valence-electron chi connectivity index (χ0n) is 14.2. The second-order valence-corrected chi connectivity index (χ2v) is 6.77. The number of nitrogens with zero attached hydrogens (tertiary/aromatic N) is 2. The van der Waals surface area contributed by atoms with Gasteiger partial charge in [-0.3, -0.25) is 14.5 Å². The molecule has 2 amide bonds. The predicted molar refractivity (Wildman–Crippen MR) is 99.9 cm³/mol. The summed E-state index contributed by atoms with van der Waals surface area (Å²) in [6.07, 6.45) is 1.66. The number of carbonyl (C=O) groups excluding carboxylic acids is 2. The lowest BCUT2D eigenvalue weighted by Crippen LogP contribution is -2.23. The molecule has 25 heavy (non-hydrogen) atoms. The maximum Gasteiger partial charge on any atom is 0.230 e. The van der Waals surface area contributed by atoms with Gasteiger partial charge in [0, 0.05) is 30.6 Å². The van der Waals surface area contributed by atoms with E-state index in [2.05, 4.69) is 15.6 Å². The summed E-state index contributed by atoms with van der Waals surface area (Å²) in [5.41, 5.74) is 2.57. The van der Waals surface area contributed by atoms with Gasteiger partial charge in [0.15, 0.2) is 5.13 Å². The van der Waals surface area contributed by atoms with Gasteiger partial charge in [-0.2, -0.15) is 0 Å². The Morgan fingerprint density at radius 3 is 2.96 bits per heavy atom. The van der Waals surface area contributed by atoms with Crippen LogP contribution >= 0.6 is 11.3 Å². The molecular formula is C18H22N4O2S. The van der Waals surface area contributed by atoms with Gasteiger partial charge < -0.3 is 10.6 Å². The standard InChI is InChI=1S/C18H22N4O2S/c1-2-19-11-13-6-3-4-7-15(13)21-16(23)10-14-12-25-18(20-14)22-9-5-8-17(22)24/h3-4,6-7,12,19H,2,5,8-11H2,1H3,(H,21,23). The second kappa shape index (κ2) is 8.22. The molecule has 0 spiro atoms. The molecule has 0 radical (unpaired) electrons. The maximum atomic E-state index is 12.4. The number of benzene rings is 1. The molecule has 1 fully saturated rings. The van der Waals surface area contributed by atoms with Crippen LogP contribution in [0.2, 0.25) is 0 Å². The van der Waals surface area contributed by atoms with Crippen molar-refractivity contribution in [1.82, 2.24) is 10.3 Å². The number of aromatic nitrogens is 1. The summed E-state index contributed by atoms with van der Waals surface area (Å²) in [5.74, 6) is 0.0104. The Hall–Kier alpha value is -2.25. The van der Waals surface area contributed by atoms with E-state index < -0.39 is 0 Å². The van der Waals surface area contributed by atoms with E-state index in [9.17, 15) is 9.59 Å². The molecule has 132 valence electrons. The highest BCUT2D eigenvalue weighted by molar-refractivity contribution is 7.14. The molecule has 0 aliphatic carbocycles. The molecule has 1 aliphatic rings. The van der Waals surface area contributed by atoms with Gasteiger partial charge in [0.2, 0.25) is 11.8 Å². The summed E-state index contributed by atoms with van der Waals surface area (Å²) in [5, 5.41) is 8.77. The Bertz CT molecular complexity index is 759. The third-order valence-corrected chi connectivity index (χ3v) is 4.95. The van der Waals surface area contributed by atoms with E-state index in [0.717, 1.165) is 30.8 Å². The number of anilines is 2. The fourth-order valence-electron chi connectivity index (χ4n) is 2.77. The highest BCUT2D eigenvalue weighted by Crippen LogP contribution is 2.25. The Kier molecular flexibility index (Phi) is 5.78. The average Bonchev–Trinajstić information content (AvgIpc) is 3.22. The summed E-state index contributed by atoms with van der Waals surface area (Å²) in [7, 11) is 0. The lowest BCUT2D eigenvalue weighted by Gasteiger charge is -2.11. The normalized spacial score (nSPS) is 14.1. The van der Waals surface area contributed by atoms with Gasteiger partial charge >= 0.3 is 0 Å². The molecule has 2 aromatic rings. The van der Waals surface area contributed by atoms with Crippen LogP contribution in [0.5, 0.6) is 0 Å². The second-order valence-electron chi connectivity index (χ2n) is 5.93. The summed E-state index contributed by atoms with van der Waals surface area (Å²) in [6, 6.07) is 7.77. The lowest BCUT2D eigenvalue weighted by molar-refractivity contribution is -0.117. The number of thiazole rings is 1. The van der Waals surface area contributed by atoms with Crippen molar-refractivity contribution in [2.75, 3.05) is 23.3 Å². The molecule has 3 rings (SSSR count). The van der Waals surface area contributed by atoms with Crippen molar-refractivity contribution in [2.45, 2.75) is 32.7 Å². The number of para-hydroxylation sites is 1. The molecule has 2 N–H and O–H groups in total. The minimum Gasteiger partial charge on any atom is -0.325 e. The van der Waals surface area contributed by atoms with Crippen molar-refractivity contribution >= 4 is 34.0 Å². The molecule has 1 aromatic heterocycles. The first-order valence-electron chi connectivity index (χ1n) is 8.50. The monoisotopic (exact) mass is 358 g/mol. The van der Waals surface area contributed by atoms with Crippen molar-refractivity contribution in [3.8, 4) is 0 Å². The van der Waals surface area contributed by atoms with Crippen molar-refractivity contribution in [3.63, 3.8) is 0 Å². The maximum absolute atomic E-state index is 12.4. The van der Waals surface area contributed by atoms with Crippen molar-refractivity contribution in [1.29, 1.82) is 0 Å². The molecule has 1 saturated heterocycles. The highest BCUT2D eigenvalue weighted by atomic mass is 32.1. The van der Waals surface area contributed by atoms with E-state index in [1.54, 1.807) is 4.90 Å². The van der Waals surface area contributed by atoms with E-state index in [4.69, 9.17) is 0 Å². The third-order valence-electron chi connectivity index (χ3n) is 4.04. The van der Waals surface area contributed by atoms with Crippen LogP contribution in [-0.2, 0) is 22.6 Å². The summed E-state index contributed by atoms with van der Waals surface area (Å²) < 4.78 is 0. The zero-order chi connectivity index (χ0) is 17.6. The van der Waals surface area contributed by atoms with Gasteiger partial charge in [-0.25, -0.2) is 4.98 Å². The Morgan fingerprint density at radius 1 is 1.36 bits per heavy atom. The highest BCUT2D eigenvalue weighted by Gasteiger charge is 2.24. The fraction of sp³-hybridized carbons (Fsp3) is 0.389. The fourth-order valence-corrected chi connectivity index (χ4v) is 3.63. The van der Waals surface area contributed by atoms with Gasteiger partial charge in [0.25, 0.3) is 0 Å². The first-order valence-corrected chi connectivity index (χ1v) is 9.38. The zero-order valence-corrected chi connectivity index (χ0v) is 15.1. The molecule has 7 heteroatoms.